The Balaban J connectivity index is 2.00. The Kier molecular flexibility index (Phi) is 4.75. The normalized spacial score (nSPS) is 15.5. The van der Waals surface area contributed by atoms with Gasteiger partial charge in [-0.15, -0.1) is 11.6 Å². The summed E-state index contributed by atoms with van der Waals surface area (Å²) in [6, 6.07) is 0. The van der Waals surface area contributed by atoms with Crippen molar-refractivity contribution in [1.29, 1.82) is 0 Å². The number of allylic oxidation sites excluding steroid dienone is 2. The molecule has 0 aromatic carbocycles. The van der Waals surface area contributed by atoms with Gasteiger partial charge in [0.25, 0.3) is 0 Å². The van der Waals surface area contributed by atoms with Gasteiger partial charge in [0.15, 0.2) is 0 Å². The average Bonchev–Trinajstić information content (AvgIpc) is 2.81. The number of rotatable bonds is 7. The van der Waals surface area contributed by atoms with Crippen LogP contribution in [0.5, 0.6) is 0 Å². The zero-order chi connectivity index (χ0) is 8.81. The lowest BCUT2D eigenvalue weighted by Gasteiger charge is -1.91. The lowest BCUT2D eigenvalue weighted by atomic mass is 10.2. The highest BCUT2D eigenvalue weighted by Gasteiger charge is 2.18. The van der Waals surface area contributed by atoms with Crippen LogP contribution in [0.3, 0.4) is 0 Å². The van der Waals surface area contributed by atoms with E-state index in [-0.39, 0.29) is 0 Å². The first-order valence-corrected chi connectivity index (χ1v) is 5.67. The maximum Gasteiger partial charge on any atom is 0.0226 e. The van der Waals surface area contributed by atoms with Crippen molar-refractivity contribution in [3.05, 3.63) is 11.1 Å². The summed E-state index contributed by atoms with van der Waals surface area (Å²) in [5, 5.41) is 0. The predicted molar refractivity (Wildman–Crippen MR) is 55.7 cm³/mol. The van der Waals surface area contributed by atoms with Crippen LogP contribution < -0.4 is 0 Å². The summed E-state index contributed by atoms with van der Waals surface area (Å²) in [5.74, 6) is 0.825. The molecule has 0 aromatic heterocycles. The summed E-state index contributed by atoms with van der Waals surface area (Å²) in [7, 11) is 0. The number of alkyl halides is 1. The molecule has 0 saturated carbocycles. The number of hydrogen-bond acceptors (Lipinski definition) is 0. The van der Waals surface area contributed by atoms with E-state index < -0.39 is 0 Å². The van der Waals surface area contributed by atoms with Crippen molar-refractivity contribution in [3.63, 3.8) is 0 Å². The largest absolute Gasteiger partial charge is 0.127 e. The van der Waals surface area contributed by atoms with Gasteiger partial charge in [0.1, 0.15) is 0 Å². The van der Waals surface area contributed by atoms with E-state index >= 15 is 0 Å². The molecule has 0 spiro atoms. The monoisotopic (exact) mass is 186 g/mol. The molecule has 0 heterocycles. The van der Waals surface area contributed by atoms with E-state index in [2.05, 4.69) is 6.92 Å². The lowest BCUT2D eigenvalue weighted by Crippen LogP contribution is -1.73. The Morgan fingerprint density at radius 3 is 2.33 bits per heavy atom. The molecule has 1 heteroatoms. The van der Waals surface area contributed by atoms with Gasteiger partial charge in [0.05, 0.1) is 0 Å². The van der Waals surface area contributed by atoms with E-state index in [0.717, 1.165) is 5.88 Å². The van der Waals surface area contributed by atoms with Gasteiger partial charge < -0.3 is 0 Å². The van der Waals surface area contributed by atoms with Crippen LogP contribution in [0.4, 0.5) is 0 Å². The van der Waals surface area contributed by atoms with Gasteiger partial charge in [-0.3, -0.25) is 0 Å². The Morgan fingerprint density at radius 1 is 1.08 bits per heavy atom. The second-order valence-corrected chi connectivity index (χ2v) is 4.01. The van der Waals surface area contributed by atoms with Crippen molar-refractivity contribution in [3.8, 4) is 0 Å². The van der Waals surface area contributed by atoms with Gasteiger partial charge in [0.2, 0.25) is 0 Å². The van der Waals surface area contributed by atoms with Crippen molar-refractivity contribution < 1.29 is 0 Å². The molecule has 0 aliphatic heterocycles. The lowest BCUT2D eigenvalue weighted by molar-refractivity contribution is 0.720. The molecular formula is C11H19Cl. The van der Waals surface area contributed by atoms with E-state index in [9.17, 15) is 0 Å². The third-order valence-corrected chi connectivity index (χ3v) is 2.76. The molecular weight excluding hydrogens is 168 g/mol. The van der Waals surface area contributed by atoms with Crippen molar-refractivity contribution in [2.45, 2.75) is 51.9 Å². The molecule has 0 unspecified atom stereocenters. The fourth-order valence-electron chi connectivity index (χ4n) is 1.61. The number of unbranched alkanes of at least 4 members (excludes halogenated alkanes) is 2. The minimum atomic E-state index is 0.825. The molecule has 70 valence electrons. The standard InChI is InChI=1S/C11H19Cl/c1-2-3-4-6-10-9-11(10)7-5-8-12/h2-9H2,1H3. The summed E-state index contributed by atoms with van der Waals surface area (Å²) in [4.78, 5) is 0. The number of halogens is 1. The fourth-order valence-corrected chi connectivity index (χ4v) is 1.75. The van der Waals surface area contributed by atoms with Crippen LogP contribution in [0, 0.1) is 0 Å². The maximum atomic E-state index is 5.63. The quantitative estimate of drug-likeness (QED) is 0.316. The van der Waals surface area contributed by atoms with E-state index in [0.29, 0.717) is 0 Å². The van der Waals surface area contributed by atoms with Crippen LogP contribution in [0.1, 0.15) is 51.9 Å². The summed E-state index contributed by atoms with van der Waals surface area (Å²) < 4.78 is 0. The van der Waals surface area contributed by atoms with Crippen molar-refractivity contribution in [2.24, 2.45) is 0 Å². The summed E-state index contributed by atoms with van der Waals surface area (Å²) >= 11 is 5.63. The van der Waals surface area contributed by atoms with E-state index in [1.165, 1.54) is 44.9 Å². The molecule has 0 fully saturated rings. The van der Waals surface area contributed by atoms with E-state index in [1.54, 1.807) is 11.1 Å². The molecule has 0 nitrogen and oxygen atoms in total. The summed E-state index contributed by atoms with van der Waals surface area (Å²) in [6.07, 6.45) is 9.28. The molecule has 1 rings (SSSR count). The topological polar surface area (TPSA) is 0 Å². The molecule has 12 heavy (non-hydrogen) atoms. The molecule has 0 atom stereocenters. The van der Waals surface area contributed by atoms with Crippen LogP contribution in [0.25, 0.3) is 0 Å². The number of hydrogen-bond donors (Lipinski definition) is 0. The molecule has 0 amide bonds. The minimum Gasteiger partial charge on any atom is -0.127 e. The minimum absolute atomic E-state index is 0.825. The van der Waals surface area contributed by atoms with Gasteiger partial charge >= 0.3 is 0 Å². The molecule has 0 N–H and O–H groups in total. The molecule has 0 bridgehead atoms. The van der Waals surface area contributed by atoms with Gasteiger partial charge in [0, 0.05) is 5.88 Å². The van der Waals surface area contributed by atoms with Crippen LogP contribution in [-0.2, 0) is 0 Å². The van der Waals surface area contributed by atoms with Crippen LogP contribution >= 0.6 is 11.6 Å². The highest BCUT2D eigenvalue weighted by atomic mass is 35.5. The second-order valence-electron chi connectivity index (χ2n) is 3.63. The zero-order valence-corrected chi connectivity index (χ0v) is 8.79. The maximum absolute atomic E-state index is 5.63. The zero-order valence-electron chi connectivity index (χ0n) is 8.03. The SMILES string of the molecule is CCCCCC1=C(CCCCl)C1. The van der Waals surface area contributed by atoms with Gasteiger partial charge in [-0.2, -0.15) is 0 Å². The average molecular weight is 187 g/mol. The van der Waals surface area contributed by atoms with Gasteiger partial charge in [-0.05, 0) is 32.1 Å². The summed E-state index contributed by atoms with van der Waals surface area (Å²) in [6.45, 7) is 2.26. The van der Waals surface area contributed by atoms with Gasteiger partial charge in [-0.25, -0.2) is 0 Å². The van der Waals surface area contributed by atoms with Crippen molar-refractivity contribution >= 4 is 11.6 Å². The van der Waals surface area contributed by atoms with Crippen LogP contribution in [0.2, 0.25) is 0 Å². The first-order valence-electron chi connectivity index (χ1n) is 5.14. The Morgan fingerprint density at radius 2 is 1.75 bits per heavy atom. The fraction of sp³-hybridized carbons (Fsp3) is 0.818. The highest BCUT2D eigenvalue weighted by Crippen LogP contribution is 2.38. The highest BCUT2D eigenvalue weighted by molar-refractivity contribution is 6.17. The molecule has 0 saturated heterocycles. The first kappa shape index (κ1) is 10.1. The van der Waals surface area contributed by atoms with Crippen LogP contribution in [-0.4, -0.2) is 5.88 Å². The Bertz CT molecular complexity index is 158. The van der Waals surface area contributed by atoms with Crippen molar-refractivity contribution in [1.82, 2.24) is 0 Å². The van der Waals surface area contributed by atoms with E-state index in [4.69, 9.17) is 11.6 Å². The van der Waals surface area contributed by atoms with Gasteiger partial charge in [-0.1, -0.05) is 30.9 Å². The third kappa shape index (κ3) is 3.62. The van der Waals surface area contributed by atoms with E-state index in [1.807, 2.05) is 0 Å². The smallest absolute Gasteiger partial charge is 0.0226 e. The molecule has 0 aromatic rings. The third-order valence-electron chi connectivity index (χ3n) is 2.50. The second kappa shape index (κ2) is 5.64. The first-order chi connectivity index (χ1) is 5.88. The predicted octanol–water partition coefficient (Wildman–Crippen LogP) is 4.29. The molecule has 1 aliphatic rings. The molecule has 0 radical (unpaired) electrons. The Labute approximate surface area is 81.0 Å². The van der Waals surface area contributed by atoms with Crippen molar-refractivity contribution in [2.75, 3.05) is 5.88 Å². The van der Waals surface area contributed by atoms with Crippen LogP contribution in [0.15, 0.2) is 11.1 Å². The summed E-state index contributed by atoms with van der Waals surface area (Å²) in [5.41, 5.74) is 3.46. The Hall–Kier alpha value is 0.0300. The molecule has 1 aliphatic carbocycles.